The van der Waals surface area contributed by atoms with Gasteiger partial charge in [-0.2, -0.15) is 4.31 Å². The van der Waals surface area contributed by atoms with Crippen LogP contribution in [0, 0.1) is 0 Å². The van der Waals surface area contributed by atoms with Gasteiger partial charge in [-0.25, -0.2) is 8.42 Å². The molecular formula is C23H30N2O5S. The summed E-state index contributed by atoms with van der Waals surface area (Å²) in [5.41, 5.74) is 2.00. The zero-order valence-electron chi connectivity index (χ0n) is 18.2. The first kappa shape index (κ1) is 23.4. The summed E-state index contributed by atoms with van der Waals surface area (Å²) in [6.07, 6.45) is 3.88. The molecule has 168 valence electrons. The zero-order chi connectivity index (χ0) is 22.6. The maximum atomic E-state index is 13.2. The second kappa shape index (κ2) is 9.46. The minimum Gasteiger partial charge on any atom is -0.464 e. The number of carbonyl (C=O) groups is 1. The smallest absolute Gasteiger partial charge is 0.324 e. The van der Waals surface area contributed by atoms with Gasteiger partial charge in [0, 0.05) is 25.4 Å². The summed E-state index contributed by atoms with van der Waals surface area (Å²) in [7, 11) is -3.94. The molecule has 0 saturated carbocycles. The molecule has 1 aromatic heterocycles. The molecule has 1 unspecified atom stereocenters. The molecule has 31 heavy (non-hydrogen) atoms. The van der Waals surface area contributed by atoms with Crippen molar-refractivity contribution in [3.63, 3.8) is 0 Å². The van der Waals surface area contributed by atoms with Crippen molar-refractivity contribution in [2.45, 2.75) is 62.5 Å². The monoisotopic (exact) mass is 446 g/mol. The number of sulfonamides is 1. The SMILES string of the molecule is CC(C)(C)c1ccc(S(=O)(=O)N2CC(O)C[C@H]2C(=O)OCCCc2ccncc2)cc1. The molecule has 0 bridgehead atoms. The number of rotatable bonds is 7. The molecule has 3 rings (SSSR count). The summed E-state index contributed by atoms with van der Waals surface area (Å²) in [4.78, 5) is 16.7. The largest absolute Gasteiger partial charge is 0.464 e. The fourth-order valence-electron chi connectivity index (χ4n) is 3.62. The lowest BCUT2D eigenvalue weighted by molar-refractivity contribution is -0.147. The van der Waals surface area contributed by atoms with E-state index in [-0.39, 0.29) is 29.9 Å². The maximum absolute atomic E-state index is 13.2. The number of β-amino-alcohol motifs (C(OH)–C–C–N with tert-alkyl or cyclic N) is 1. The standard InChI is InChI=1S/C23H30N2O5S/c1-23(2,3)18-6-8-20(9-7-18)31(28,29)25-16-19(26)15-21(25)22(27)30-14-4-5-17-10-12-24-13-11-17/h6-13,19,21,26H,4-5,14-16H2,1-3H3/t19?,21-/m0/s1. The lowest BCUT2D eigenvalue weighted by Gasteiger charge is -2.23. The van der Waals surface area contributed by atoms with Gasteiger partial charge in [-0.1, -0.05) is 32.9 Å². The number of nitrogens with zero attached hydrogens (tertiary/aromatic N) is 2. The van der Waals surface area contributed by atoms with Crippen molar-refractivity contribution < 1.29 is 23.1 Å². The summed E-state index contributed by atoms with van der Waals surface area (Å²) in [6, 6.07) is 9.44. The molecule has 1 N–H and O–H groups in total. The molecule has 7 nitrogen and oxygen atoms in total. The van der Waals surface area contributed by atoms with Crippen LogP contribution in [0.25, 0.3) is 0 Å². The molecule has 1 aromatic carbocycles. The third-order valence-electron chi connectivity index (χ3n) is 5.44. The van der Waals surface area contributed by atoms with Crippen molar-refractivity contribution in [3.05, 3.63) is 59.9 Å². The molecule has 1 aliphatic rings. The normalized spacial score (nSPS) is 20.0. The van der Waals surface area contributed by atoms with E-state index in [1.807, 2.05) is 32.9 Å². The van der Waals surface area contributed by atoms with Gasteiger partial charge in [0.1, 0.15) is 6.04 Å². The number of pyridine rings is 1. The second-order valence-electron chi connectivity index (χ2n) is 8.88. The van der Waals surface area contributed by atoms with Crippen LogP contribution < -0.4 is 0 Å². The maximum Gasteiger partial charge on any atom is 0.324 e. The van der Waals surface area contributed by atoms with Gasteiger partial charge < -0.3 is 9.84 Å². The summed E-state index contributed by atoms with van der Waals surface area (Å²) < 4.78 is 32.8. The van der Waals surface area contributed by atoms with E-state index in [1.54, 1.807) is 36.7 Å². The Morgan fingerprint density at radius 3 is 2.42 bits per heavy atom. The van der Waals surface area contributed by atoms with Crippen LogP contribution in [0.2, 0.25) is 0 Å². The van der Waals surface area contributed by atoms with Crippen molar-refractivity contribution >= 4 is 16.0 Å². The first-order valence-corrected chi connectivity index (χ1v) is 11.9. The van der Waals surface area contributed by atoms with Gasteiger partial charge in [0.25, 0.3) is 0 Å². The number of aliphatic hydroxyl groups excluding tert-OH is 1. The molecule has 8 heteroatoms. The summed E-state index contributed by atoms with van der Waals surface area (Å²) in [5, 5.41) is 10.1. The first-order valence-electron chi connectivity index (χ1n) is 10.4. The Kier molecular flexibility index (Phi) is 7.13. The molecule has 1 fully saturated rings. The third kappa shape index (κ3) is 5.70. The topological polar surface area (TPSA) is 96.8 Å². The fraction of sp³-hybridized carbons (Fsp3) is 0.478. The minimum absolute atomic E-state index is 0.0303. The Labute approximate surface area is 184 Å². The van der Waals surface area contributed by atoms with Crippen LogP contribution in [0.4, 0.5) is 0 Å². The molecule has 2 atom stereocenters. The van der Waals surface area contributed by atoms with E-state index in [0.717, 1.165) is 21.9 Å². The highest BCUT2D eigenvalue weighted by Gasteiger charge is 2.44. The summed E-state index contributed by atoms with van der Waals surface area (Å²) in [5.74, 6) is -0.624. The van der Waals surface area contributed by atoms with Crippen LogP contribution >= 0.6 is 0 Å². The Morgan fingerprint density at radius 1 is 1.16 bits per heavy atom. The van der Waals surface area contributed by atoms with E-state index in [2.05, 4.69) is 4.98 Å². The van der Waals surface area contributed by atoms with Crippen LogP contribution in [0.3, 0.4) is 0 Å². The van der Waals surface area contributed by atoms with E-state index >= 15 is 0 Å². The molecule has 0 radical (unpaired) electrons. The van der Waals surface area contributed by atoms with E-state index in [4.69, 9.17) is 4.74 Å². The highest BCUT2D eigenvalue weighted by molar-refractivity contribution is 7.89. The number of carbonyl (C=O) groups excluding carboxylic acids is 1. The van der Waals surface area contributed by atoms with E-state index < -0.39 is 28.1 Å². The Morgan fingerprint density at radius 2 is 1.81 bits per heavy atom. The number of aliphatic hydroxyl groups is 1. The average molecular weight is 447 g/mol. The first-order chi connectivity index (χ1) is 14.6. The molecule has 0 spiro atoms. The van der Waals surface area contributed by atoms with Gasteiger partial charge in [-0.3, -0.25) is 9.78 Å². The van der Waals surface area contributed by atoms with Crippen molar-refractivity contribution in [2.24, 2.45) is 0 Å². The lowest BCUT2D eigenvalue weighted by atomic mass is 9.87. The number of benzene rings is 1. The Hall–Kier alpha value is -2.29. The van der Waals surface area contributed by atoms with Gasteiger partial charge in [0.2, 0.25) is 10.0 Å². The molecule has 1 saturated heterocycles. The average Bonchev–Trinajstić information content (AvgIpc) is 3.14. The second-order valence-corrected chi connectivity index (χ2v) is 10.8. The highest BCUT2D eigenvalue weighted by Crippen LogP contribution is 2.29. The van der Waals surface area contributed by atoms with Crippen LogP contribution in [-0.4, -0.2) is 54.1 Å². The Bertz CT molecular complexity index is 985. The van der Waals surface area contributed by atoms with Gasteiger partial charge >= 0.3 is 5.97 Å². The predicted molar refractivity (Wildman–Crippen MR) is 117 cm³/mol. The van der Waals surface area contributed by atoms with E-state index in [0.29, 0.717) is 6.42 Å². The third-order valence-corrected chi connectivity index (χ3v) is 7.33. The highest BCUT2D eigenvalue weighted by atomic mass is 32.2. The summed E-state index contributed by atoms with van der Waals surface area (Å²) >= 11 is 0. The number of ether oxygens (including phenoxy) is 1. The van der Waals surface area contributed by atoms with Crippen molar-refractivity contribution in [2.75, 3.05) is 13.2 Å². The van der Waals surface area contributed by atoms with Crippen LogP contribution in [-0.2, 0) is 31.4 Å². The molecule has 2 aromatic rings. The van der Waals surface area contributed by atoms with Crippen molar-refractivity contribution in [1.29, 1.82) is 0 Å². The quantitative estimate of drug-likeness (QED) is 0.519. The molecule has 0 amide bonds. The Balaban J connectivity index is 1.65. The molecular weight excluding hydrogens is 416 g/mol. The van der Waals surface area contributed by atoms with Crippen molar-refractivity contribution in [1.82, 2.24) is 9.29 Å². The lowest BCUT2D eigenvalue weighted by Crippen LogP contribution is -2.41. The van der Waals surface area contributed by atoms with Gasteiger partial charge in [-0.15, -0.1) is 0 Å². The number of aromatic nitrogens is 1. The summed E-state index contributed by atoms with van der Waals surface area (Å²) in [6.45, 7) is 6.21. The minimum atomic E-state index is -3.94. The van der Waals surface area contributed by atoms with Gasteiger partial charge in [0.05, 0.1) is 17.6 Å². The van der Waals surface area contributed by atoms with Crippen molar-refractivity contribution in [3.8, 4) is 0 Å². The molecule has 1 aliphatic heterocycles. The number of esters is 1. The van der Waals surface area contributed by atoms with Crippen LogP contribution in [0.15, 0.2) is 53.7 Å². The molecule has 0 aliphatic carbocycles. The number of hydrogen-bond acceptors (Lipinski definition) is 6. The fourth-order valence-corrected chi connectivity index (χ4v) is 5.25. The number of aryl methyl sites for hydroxylation is 1. The zero-order valence-corrected chi connectivity index (χ0v) is 19.0. The molecule has 2 heterocycles. The van der Waals surface area contributed by atoms with Gasteiger partial charge in [0.15, 0.2) is 0 Å². The predicted octanol–water partition coefficient (Wildman–Crippen LogP) is 2.68. The number of hydrogen-bond donors (Lipinski definition) is 1. The van der Waals surface area contributed by atoms with Crippen LogP contribution in [0.1, 0.15) is 44.7 Å². The van der Waals surface area contributed by atoms with Crippen LogP contribution in [0.5, 0.6) is 0 Å². The van der Waals surface area contributed by atoms with E-state index in [1.165, 1.54) is 0 Å². The van der Waals surface area contributed by atoms with E-state index in [9.17, 15) is 18.3 Å². The van der Waals surface area contributed by atoms with Gasteiger partial charge in [-0.05, 0) is 53.6 Å².